The molecule has 3 rings (SSSR count). The van der Waals surface area contributed by atoms with Crippen LogP contribution in [0.5, 0.6) is 5.75 Å². The lowest BCUT2D eigenvalue weighted by atomic mass is 10.1. The summed E-state index contributed by atoms with van der Waals surface area (Å²) in [7, 11) is 1.19. The second-order valence-electron chi connectivity index (χ2n) is 7.08. The molecule has 0 aliphatic carbocycles. The normalized spacial score (nSPS) is 15.5. The van der Waals surface area contributed by atoms with Gasteiger partial charge in [-0.05, 0) is 43.2 Å². The number of ether oxygens (including phenoxy) is 2. The molecule has 11 nitrogen and oxygen atoms in total. The number of urea groups is 1. The van der Waals surface area contributed by atoms with Crippen LogP contribution in [-0.2, 0) is 16.1 Å². The Morgan fingerprint density at radius 1 is 1.36 bits per heavy atom. The van der Waals surface area contributed by atoms with Gasteiger partial charge in [0.25, 0.3) is 5.91 Å². The Labute approximate surface area is 193 Å². The van der Waals surface area contributed by atoms with Crippen LogP contribution in [0, 0.1) is 10.1 Å². The Kier molecular flexibility index (Phi) is 7.02. The highest BCUT2D eigenvalue weighted by atomic mass is 35.5. The van der Waals surface area contributed by atoms with Gasteiger partial charge in [-0.1, -0.05) is 18.5 Å². The summed E-state index contributed by atoms with van der Waals surface area (Å²) in [5, 5.41) is 13.9. The first kappa shape index (κ1) is 23.8. The Bertz CT molecular complexity index is 1160. The Morgan fingerprint density at radius 3 is 2.73 bits per heavy atom. The molecular weight excluding hydrogens is 458 g/mol. The van der Waals surface area contributed by atoms with E-state index in [1.165, 1.54) is 37.5 Å². The molecule has 0 unspecified atom stereocenters. The molecule has 0 bridgehead atoms. The van der Waals surface area contributed by atoms with Crippen LogP contribution < -0.4 is 10.1 Å². The number of esters is 1. The molecule has 0 spiro atoms. The van der Waals surface area contributed by atoms with Crippen molar-refractivity contribution in [3.63, 3.8) is 0 Å². The topological polar surface area (TPSA) is 141 Å². The molecular formula is C21H20ClN3O8. The maximum absolute atomic E-state index is 12.7. The molecule has 1 aliphatic heterocycles. The first-order chi connectivity index (χ1) is 15.6. The summed E-state index contributed by atoms with van der Waals surface area (Å²) in [6, 6.07) is 4.68. The van der Waals surface area contributed by atoms with Crippen LogP contribution in [0.1, 0.15) is 42.1 Å². The molecule has 1 saturated heterocycles. The summed E-state index contributed by atoms with van der Waals surface area (Å²) in [4.78, 5) is 48.3. The number of nitrogens with zero attached hydrogens (tertiary/aromatic N) is 2. The van der Waals surface area contributed by atoms with Gasteiger partial charge in [-0.3, -0.25) is 19.8 Å². The van der Waals surface area contributed by atoms with Gasteiger partial charge in [-0.15, -0.1) is 0 Å². The number of furan rings is 1. The van der Waals surface area contributed by atoms with E-state index in [1.54, 1.807) is 6.92 Å². The number of methoxy groups -OCH3 is 1. The minimum absolute atomic E-state index is 0.00379. The van der Waals surface area contributed by atoms with Gasteiger partial charge in [-0.25, -0.2) is 9.59 Å². The third-order valence-corrected chi connectivity index (χ3v) is 5.05. The smallest absolute Gasteiger partial charge is 0.373 e. The standard InChI is InChI=1S/C21H20ClN3O8/c1-4-11(2)32-18-14(22)7-12(9-16(18)25(29)30)8-15-19(26)24(21(28)23-15)10-13-5-6-17(33-13)20(27)31-3/h5-9,11H,4,10H2,1-3H3,(H,23,28)/b15-8-/t11-/m1/s1. The van der Waals surface area contributed by atoms with Gasteiger partial charge in [0.2, 0.25) is 11.5 Å². The van der Waals surface area contributed by atoms with Gasteiger partial charge in [0.15, 0.2) is 0 Å². The number of amides is 3. The van der Waals surface area contributed by atoms with E-state index >= 15 is 0 Å². The molecule has 33 heavy (non-hydrogen) atoms. The molecule has 1 aromatic carbocycles. The molecule has 2 heterocycles. The molecule has 12 heteroatoms. The molecule has 1 atom stereocenters. The monoisotopic (exact) mass is 477 g/mol. The van der Waals surface area contributed by atoms with Gasteiger partial charge in [0.1, 0.15) is 11.5 Å². The van der Waals surface area contributed by atoms with Crippen molar-refractivity contribution in [1.29, 1.82) is 0 Å². The fraction of sp³-hybridized carbons (Fsp3) is 0.286. The molecule has 2 aromatic rings. The van der Waals surface area contributed by atoms with Crippen molar-refractivity contribution in [2.75, 3.05) is 7.11 Å². The summed E-state index contributed by atoms with van der Waals surface area (Å²) in [5.41, 5.74) is -0.255. The van der Waals surface area contributed by atoms with E-state index in [4.69, 9.17) is 20.8 Å². The van der Waals surface area contributed by atoms with Crippen LogP contribution in [0.3, 0.4) is 0 Å². The number of nitrogens with one attached hydrogen (secondary N) is 1. The highest BCUT2D eigenvalue weighted by Crippen LogP contribution is 2.38. The molecule has 1 N–H and O–H groups in total. The molecule has 1 aliphatic rings. The number of nitro benzene ring substituents is 1. The number of halogens is 1. The average Bonchev–Trinajstić information content (AvgIpc) is 3.35. The summed E-state index contributed by atoms with van der Waals surface area (Å²) in [6.07, 6.45) is 1.59. The fourth-order valence-corrected chi connectivity index (χ4v) is 3.20. The van der Waals surface area contributed by atoms with E-state index in [0.717, 1.165) is 4.90 Å². The van der Waals surface area contributed by atoms with E-state index < -0.39 is 22.8 Å². The summed E-state index contributed by atoms with van der Waals surface area (Å²) in [5.74, 6) is -1.34. The number of imide groups is 1. The quantitative estimate of drug-likeness (QED) is 0.198. The predicted octanol–water partition coefficient (Wildman–Crippen LogP) is 3.90. The van der Waals surface area contributed by atoms with Gasteiger partial charge in [-0.2, -0.15) is 0 Å². The van der Waals surface area contributed by atoms with E-state index in [9.17, 15) is 24.5 Å². The number of rotatable bonds is 8. The highest BCUT2D eigenvalue weighted by molar-refractivity contribution is 6.32. The molecule has 0 radical (unpaired) electrons. The first-order valence-electron chi connectivity index (χ1n) is 9.80. The maximum Gasteiger partial charge on any atom is 0.373 e. The Hall–Kier alpha value is -3.86. The van der Waals surface area contributed by atoms with Crippen LogP contribution in [0.15, 0.2) is 34.4 Å². The van der Waals surface area contributed by atoms with E-state index in [1.807, 2.05) is 6.92 Å². The first-order valence-corrected chi connectivity index (χ1v) is 10.2. The molecule has 0 saturated carbocycles. The van der Waals surface area contributed by atoms with Crippen LogP contribution in [0.4, 0.5) is 10.5 Å². The highest BCUT2D eigenvalue weighted by Gasteiger charge is 2.34. The minimum Gasteiger partial charge on any atom is -0.483 e. The Morgan fingerprint density at radius 2 is 2.09 bits per heavy atom. The largest absolute Gasteiger partial charge is 0.483 e. The van der Waals surface area contributed by atoms with Crippen LogP contribution in [0.25, 0.3) is 6.08 Å². The van der Waals surface area contributed by atoms with E-state index in [-0.39, 0.29) is 51.9 Å². The van der Waals surface area contributed by atoms with Crippen molar-refractivity contribution >= 4 is 41.3 Å². The predicted molar refractivity (Wildman–Crippen MR) is 116 cm³/mol. The Balaban J connectivity index is 1.86. The van der Waals surface area contributed by atoms with Gasteiger partial charge in [0, 0.05) is 6.07 Å². The number of carbonyl (C=O) groups is 3. The third kappa shape index (κ3) is 5.14. The zero-order valence-corrected chi connectivity index (χ0v) is 18.7. The van der Waals surface area contributed by atoms with Crippen molar-refractivity contribution < 1.29 is 33.2 Å². The van der Waals surface area contributed by atoms with Crippen molar-refractivity contribution in [2.45, 2.75) is 32.9 Å². The van der Waals surface area contributed by atoms with Crippen LogP contribution in [-0.4, -0.2) is 40.9 Å². The number of hydrogen-bond donors (Lipinski definition) is 1. The lowest BCUT2D eigenvalue weighted by Gasteiger charge is -2.14. The zero-order chi connectivity index (χ0) is 24.3. The number of hydrogen-bond acceptors (Lipinski definition) is 8. The van der Waals surface area contributed by atoms with Crippen molar-refractivity contribution in [3.05, 3.63) is 62.2 Å². The summed E-state index contributed by atoms with van der Waals surface area (Å²) in [6.45, 7) is 3.38. The number of nitro groups is 1. The lowest BCUT2D eigenvalue weighted by molar-refractivity contribution is -0.386. The van der Waals surface area contributed by atoms with Gasteiger partial charge >= 0.3 is 17.7 Å². The van der Waals surface area contributed by atoms with Crippen LogP contribution in [0.2, 0.25) is 5.02 Å². The van der Waals surface area contributed by atoms with E-state index in [2.05, 4.69) is 10.1 Å². The van der Waals surface area contributed by atoms with Gasteiger partial charge < -0.3 is 19.2 Å². The maximum atomic E-state index is 12.7. The average molecular weight is 478 g/mol. The molecule has 1 aromatic heterocycles. The molecule has 174 valence electrons. The van der Waals surface area contributed by atoms with Crippen molar-refractivity contribution in [2.24, 2.45) is 0 Å². The SMILES string of the molecule is CC[C@@H](C)Oc1c(Cl)cc(/C=C2\NC(=O)N(Cc3ccc(C(=O)OC)o3)C2=O)cc1[N+](=O)[O-]. The number of benzene rings is 1. The minimum atomic E-state index is -0.723. The van der Waals surface area contributed by atoms with Crippen molar-refractivity contribution in [3.8, 4) is 5.75 Å². The van der Waals surface area contributed by atoms with Crippen LogP contribution >= 0.6 is 11.6 Å². The zero-order valence-electron chi connectivity index (χ0n) is 17.9. The molecule has 1 fully saturated rings. The van der Waals surface area contributed by atoms with E-state index in [0.29, 0.717) is 6.42 Å². The van der Waals surface area contributed by atoms with Gasteiger partial charge in [0.05, 0.1) is 29.7 Å². The van der Waals surface area contributed by atoms with Crippen molar-refractivity contribution in [1.82, 2.24) is 10.2 Å². The third-order valence-electron chi connectivity index (χ3n) is 4.77. The second-order valence-corrected chi connectivity index (χ2v) is 7.49. The summed E-state index contributed by atoms with van der Waals surface area (Å²) < 4.78 is 15.4. The summed E-state index contributed by atoms with van der Waals surface area (Å²) >= 11 is 6.21. The second kappa shape index (κ2) is 9.74. The fourth-order valence-electron chi connectivity index (χ4n) is 2.93. The molecule has 3 amide bonds. The number of carbonyl (C=O) groups excluding carboxylic acids is 3. The lowest BCUT2D eigenvalue weighted by Crippen LogP contribution is -2.30.